The van der Waals surface area contributed by atoms with Crippen LogP contribution in [0.1, 0.15) is 18.4 Å². The molecule has 9 nitrogen and oxygen atoms in total. The number of hydrogen-bond acceptors (Lipinski definition) is 9. The predicted molar refractivity (Wildman–Crippen MR) is 140 cm³/mol. The molecule has 1 unspecified atom stereocenters. The lowest BCUT2D eigenvalue weighted by Gasteiger charge is -2.36. The van der Waals surface area contributed by atoms with Gasteiger partial charge >= 0.3 is 0 Å². The number of carbonyl (C=O) groups is 1. The molecule has 0 aromatic heterocycles. The molecule has 2 aliphatic rings. The lowest BCUT2D eigenvalue weighted by atomic mass is 9.82. The first-order chi connectivity index (χ1) is 17.7. The Kier molecular flexibility index (Phi) is 8.44. The molecule has 2 aliphatic heterocycles. The molecular weight excluding hydrogens is 518 g/mol. The monoisotopic (exact) mass is 543 g/mol. The van der Waals surface area contributed by atoms with Crippen LogP contribution in [0.4, 0.5) is 5.69 Å². The molecule has 0 aliphatic carbocycles. The van der Waals surface area contributed by atoms with E-state index in [1.807, 2.05) is 0 Å². The minimum absolute atomic E-state index is 0.170. The van der Waals surface area contributed by atoms with Gasteiger partial charge in [0.1, 0.15) is 29.5 Å². The number of thioether (sulfide) groups is 1. The summed E-state index contributed by atoms with van der Waals surface area (Å²) in [6.07, 6.45) is -4.00. The molecule has 1 saturated heterocycles. The molecule has 1 fully saturated rings. The van der Waals surface area contributed by atoms with Gasteiger partial charge in [0.05, 0.1) is 36.3 Å². The van der Waals surface area contributed by atoms with Gasteiger partial charge in [0.15, 0.2) is 0 Å². The largest absolute Gasteiger partial charge is 0.497 e. The molecule has 2 heterocycles. The third-order valence-electron chi connectivity index (χ3n) is 6.13. The molecule has 194 valence electrons. The quantitative estimate of drug-likeness (QED) is 0.371. The van der Waals surface area contributed by atoms with Crippen molar-refractivity contribution in [1.82, 2.24) is 5.32 Å². The highest BCUT2D eigenvalue weighted by molar-refractivity contribution is 8.03. The highest BCUT2D eigenvalue weighted by Crippen LogP contribution is 2.43. The van der Waals surface area contributed by atoms with E-state index in [1.165, 1.54) is 0 Å². The van der Waals surface area contributed by atoms with E-state index in [0.29, 0.717) is 38.3 Å². The number of nitrogens with zero attached hydrogens (tertiary/aromatic N) is 1. The smallest absolute Gasteiger partial charge is 0.254 e. The average Bonchev–Trinajstić information content (AvgIpc) is 2.90. The van der Waals surface area contributed by atoms with E-state index in [-0.39, 0.29) is 12.2 Å². The second-order valence-corrected chi connectivity index (χ2v) is 10.1. The van der Waals surface area contributed by atoms with Crippen molar-refractivity contribution in [2.45, 2.75) is 36.6 Å². The number of aliphatic hydroxyl groups excluding tert-OH is 3. The van der Waals surface area contributed by atoms with Gasteiger partial charge < -0.3 is 35.4 Å². The average molecular weight is 544 g/mol. The maximum Gasteiger partial charge on any atom is 0.254 e. The predicted octanol–water partition coefficient (Wildman–Crippen LogP) is 2.86. The van der Waals surface area contributed by atoms with Crippen molar-refractivity contribution in [1.29, 1.82) is 5.26 Å². The molecule has 2 aromatic rings. The van der Waals surface area contributed by atoms with Crippen LogP contribution in [-0.4, -0.2) is 58.7 Å². The van der Waals surface area contributed by atoms with Crippen molar-refractivity contribution in [2.24, 2.45) is 0 Å². The Hall–Kier alpha value is -3.04. The summed E-state index contributed by atoms with van der Waals surface area (Å²) in [5.74, 6) is -0.533. The van der Waals surface area contributed by atoms with Crippen LogP contribution >= 0.6 is 23.4 Å². The molecule has 0 saturated carbocycles. The number of ether oxygens (including phenoxy) is 2. The third kappa shape index (κ3) is 5.78. The third-order valence-corrected chi connectivity index (χ3v) is 7.59. The van der Waals surface area contributed by atoms with Crippen LogP contribution < -0.4 is 15.4 Å². The van der Waals surface area contributed by atoms with Crippen LogP contribution in [0.5, 0.6) is 5.75 Å². The summed E-state index contributed by atoms with van der Waals surface area (Å²) in [6, 6.07) is 16.0. The lowest BCUT2D eigenvalue weighted by Crippen LogP contribution is -2.51. The van der Waals surface area contributed by atoms with Gasteiger partial charge in [0, 0.05) is 22.0 Å². The molecule has 0 bridgehead atoms. The number of aliphatic hydroxyl groups is 3. The number of benzene rings is 2. The summed E-state index contributed by atoms with van der Waals surface area (Å²) in [7, 11) is 1.55. The van der Waals surface area contributed by atoms with Crippen molar-refractivity contribution in [3.8, 4) is 11.8 Å². The summed E-state index contributed by atoms with van der Waals surface area (Å²) >= 11 is 6.98. The normalized spacial score (nSPS) is 25.8. The molecule has 37 heavy (non-hydrogen) atoms. The summed E-state index contributed by atoms with van der Waals surface area (Å²) in [5, 5.41) is 47.4. The van der Waals surface area contributed by atoms with Crippen molar-refractivity contribution in [3.05, 3.63) is 81.0 Å². The van der Waals surface area contributed by atoms with E-state index in [9.17, 15) is 25.4 Å². The van der Waals surface area contributed by atoms with Gasteiger partial charge in [-0.3, -0.25) is 4.79 Å². The van der Waals surface area contributed by atoms with Crippen LogP contribution in [-0.2, 0) is 9.53 Å². The SMILES string of the molecule is COc1ccc(C2C(C#N)=C(S[C@@H]3OC[C@@H](O)[C@H](O)[C@H]3O)NC(C)=C2C(=O)Nc2ccc(Cl)cc2)cc1. The Balaban J connectivity index is 1.72. The molecule has 11 heteroatoms. The van der Waals surface area contributed by atoms with E-state index >= 15 is 0 Å². The molecule has 0 spiro atoms. The Bertz CT molecular complexity index is 1260. The zero-order chi connectivity index (χ0) is 26.7. The maximum atomic E-state index is 13.5. The van der Waals surface area contributed by atoms with Crippen LogP contribution in [0.25, 0.3) is 0 Å². The molecule has 5 N–H and O–H groups in total. The summed E-state index contributed by atoms with van der Waals surface area (Å²) < 4.78 is 10.8. The highest BCUT2D eigenvalue weighted by atomic mass is 35.5. The molecule has 5 atom stereocenters. The number of hydrogen-bond donors (Lipinski definition) is 5. The van der Waals surface area contributed by atoms with Crippen LogP contribution in [0, 0.1) is 11.3 Å². The minimum Gasteiger partial charge on any atom is -0.497 e. The maximum absolute atomic E-state index is 13.5. The fourth-order valence-corrected chi connectivity index (χ4v) is 5.47. The van der Waals surface area contributed by atoms with Crippen molar-refractivity contribution < 1.29 is 29.6 Å². The fourth-order valence-electron chi connectivity index (χ4n) is 4.17. The number of rotatable bonds is 6. The molecular formula is C26H26ClN3O6S. The Morgan fingerprint density at radius 3 is 2.46 bits per heavy atom. The van der Waals surface area contributed by atoms with Gasteiger partial charge in [0.2, 0.25) is 0 Å². The number of allylic oxidation sites excluding steroid dienone is 2. The number of carbonyl (C=O) groups excluding carboxylic acids is 1. The van der Waals surface area contributed by atoms with Gasteiger partial charge in [-0.25, -0.2) is 0 Å². The van der Waals surface area contributed by atoms with Crippen molar-refractivity contribution >= 4 is 35.0 Å². The first-order valence-electron chi connectivity index (χ1n) is 11.4. The Morgan fingerprint density at radius 2 is 1.84 bits per heavy atom. The van der Waals surface area contributed by atoms with Gasteiger partial charge in [-0.1, -0.05) is 35.5 Å². The van der Waals surface area contributed by atoms with Gasteiger partial charge in [0.25, 0.3) is 5.91 Å². The fraction of sp³-hybridized carbons (Fsp3) is 0.308. The summed E-state index contributed by atoms with van der Waals surface area (Å²) in [4.78, 5) is 13.5. The topological polar surface area (TPSA) is 144 Å². The van der Waals surface area contributed by atoms with Crippen molar-refractivity contribution in [2.75, 3.05) is 19.0 Å². The minimum atomic E-state index is -1.39. The second kappa shape index (κ2) is 11.6. The van der Waals surface area contributed by atoms with E-state index in [2.05, 4.69) is 16.7 Å². The number of methoxy groups -OCH3 is 1. The first-order valence-corrected chi connectivity index (χ1v) is 12.6. The number of nitrogens with one attached hydrogen (secondary N) is 2. The number of anilines is 1. The van der Waals surface area contributed by atoms with Crippen LogP contribution in [0.15, 0.2) is 70.4 Å². The van der Waals surface area contributed by atoms with E-state index in [4.69, 9.17) is 21.1 Å². The number of nitriles is 1. The zero-order valence-corrected chi connectivity index (χ0v) is 21.6. The number of dihydropyridines is 1. The van der Waals surface area contributed by atoms with E-state index in [1.54, 1.807) is 62.6 Å². The molecule has 1 amide bonds. The van der Waals surface area contributed by atoms with Gasteiger partial charge in [-0.15, -0.1) is 0 Å². The lowest BCUT2D eigenvalue weighted by molar-refractivity contribution is -0.161. The first kappa shape index (κ1) is 27.0. The number of halogens is 1. The standard InChI is InChI=1S/C26H26ClN3O6S/c1-13-20(24(34)30-16-7-5-15(27)6-8-16)21(14-3-9-17(35-2)10-4-14)18(11-28)25(29-13)37-26-23(33)22(32)19(31)12-36-26/h3-10,19,21-23,26,29,31-33H,12H2,1-2H3,(H,30,34)/t19-,21?,22+,23-,26+/m1/s1. The van der Waals surface area contributed by atoms with E-state index < -0.39 is 35.6 Å². The molecule has 2 aromatic carbocycles. The number of amides is 1. The molecule has 4 rings (SSSR count). The van der Waals surface area contributed by atoms with Gasteiger partial charge in [-0.05, 0) is 48.9 Å². The van der Waals surface area contributed by atoms with Crippen LogP contribution in [0.3, 0.4) is 0 Å². The Labute approximate surface area is 223 Å². The zero-order valence-electron chi connectivity index (χ0n) is 20.0. The van der Waals surface area contributed by atoms with Crippen LogP contribution in [0.2, 0.25) is 5.02 Å². The van der Waals surface area contributed by atoms with E-state index in [0.717, 1.165) is 11.8 Å². The Morgan fingerprint density at radius 1 is 1.16 bits per heavy atom. The summed E-state index contributed by atoms with van der Waals surface area (Å²) in [5.41, 5.74) is 1.34. The summed E-state index contributed by atoms with van der Waals surface area (Å²) in [6.45, 7) is 1.55. The molecule has 0 radical (unpaired) electrons. The second-order valence-electron chi connectivity index (χ2n) is 8.55. The highest BCUT2D eigenvalue weighted by Gasteiger charge is 2.41. The van der Waals surface area contributed by atoms with Crippen molar-refractivity contribution in [3.63, 3.8) is 0 Å². The van der Waals surface area contributed by atoms with Gasteiger partial charge in [-0.2, -0.15) is 5.26 Å².